The number of carbonyl (C=O) groups excluding carboxylic acids is 3. The first-order valence-electron chi connectivity index (χ1n) is 8.91. The number of piperidine rings is 2. The third-order valence-corrected chi connectivity index (χ3v) is 5.14. The summed E-state index contributed by atoms with van der Waals surface area (Å²) in [4.78, 5) is 37.6. The van der Waals surface area contributed by atoms with Gasteiger partial charge in [0.15, 0.2) is 5.78 Å². The van der Waals surface area contributed by atoms with Gasteiger partial charge in [-0.2, -0.15) is 0 Å². The lowest BCUT2D eigenvalue weighted by Gasteiger charge is -2.48. The molecule has 0 spiro atoms. The molecule has 0 unspecified atom stereocenters. The standard InChI is InChI=1S/C19H25N3O3/c1-12(23)14-5-3-6-15(9-14)21-19(25)22-17-7-4-8-18(22)11-16(10-17)20-13(2)24/h3,5-6,9,16-18H,4,7-8,10-11H2,1-2H3,(H,20,24)(H,21,25)/t17-,18-/m0/s1. The van der Waals surface area contributed by atoms with E-state index in [9.17, 15) is 14.4 Å². The van der Waals surface area contributed by atoms with Gasteiger partial charge in [0.2, 0.25) is 5.91 Å². The average molecular weight is 343 g/mol. The highest BCUT2D eigenvalue weighted by Crippen LogP contribution is 2.34. The van der Waals surface area contributed by atoms with Gasteiger partial charge in [-0.1, -0.05) is 12.1 Å². The van der Waals surface area contributed by atoms with Crippen molar-refractivity contribution in [1.82, 2.24) is 10.2 Å². The lowest BCUT2D eigenvalue weighted by molar-refractivity contribution is -0.120. The van der Waals surface area contributed by atoms with Gasteiger partial charge < -0.3 is 15.5 Å². The normalized spacial score (nSPS) is 25.2. The Kier molecular flexibility index (Phi) is 5.06. The maximum absolute atomic E-state index is 12.8. The summed E-state index contributed by atoms with van der Waals surface area (Å²) in [5.41, 5.74) is 1.22. The fraction of sp³-hybridized carbons (Fsp3) is 0.526. The van der Waals surface area contributed by atoms with Crippen LogP contribution in [0.2, 0.25) is 0 Å². The zero-order chi connectivity index (χ0) is 18.0. The van der Waals surface area contributed by atoms with Gasteiger partial charge in [0.05, 0.1) is 0 Å². The van der Waals surface area contributed by atoms with Gasteiger partial charge in [0, 0.05) is 36.3 Å². The topological polar surface area (TPSA) is 78.5 Å². The van der Waals surface area contributed by atoms with Crippen molar-refractivity contribution in [1.29, 1.82) is 0 Å². The highest BCUT2D eigenvalue weighted by atomic mass is 16.2. The van der Waals surface area contributed by atoms with Crippen LogP contribution < -0.4 is 10.6 Å². The molecule has 0 aromatic heterocycles. The summed E-state index contributed by atoms with van der Waals surface area (Å²) in [6.07, 6.45) is 4.65. The highest BCUT2D eigenvalue weighted by molar-refractivity contribution is 5.96. The fourth-order valence-corrected chi connectivity index (χ4v) is 4.12. The quantitative estimate of drug-likeness (QED) is 0.828. The molecule has 0 saturated carbocycles. The number of amides is 3. The van der Waals surface area contributed by atoms with E-state index in [-0.39, 0.29) is 35.8 Å². The van der Waals surface area contributed by atoms with E-state index in [1.54, 1.807) is 24.3 Å². The van der Waals surface area contributed by atoms with E-state index in [4.69, 9.17) is 0 Å². The van der Waals surface area contributed by atoms with Crippen molar-refractivity contribution in [3.63, 3.8) is 0 Å². The van der Waals surface area contributed by atoms with Crippen LogP contribution in [0.5, 0.6) is 0 Å². The number of carbonyl (C=O) groups is 3. The zero-order valence-corrected chi connectivity index (χ0v) is 14.7. The summed E-state index contributed by atoms with van der Waals surface area (Å²) in [7, 11) is 0. The van der Waals surface area contributed by atoms with E-state index in [2.05, 4.69) is 10.6 Å². The second-order valence-corrected chi connectivity index (χ2v) is 7.08. The SMILES string of the molecule is CC(=O)NC1C[C@@H]2CCC[C@@H](C1)N2C(=O)Nc1cccc(C(C)=O)c1. The lowest BCUT2D eigenvalue weighted by Crippen LogP contribution is -2.59. The van der Waals surface area contributed by atoms with Crippen molar-refractivity contribution in [2.45, 2.75) is 64.1 Å². The van der Waals surface area contributed by atoms with Gasteiger partial charge in [-0.15, -0.1) is 0 Å². The van der Waals surface area contributed by atoms with Gasteiger partial charge in [-0.05, 0) is 51.2 Å². The summed E-state index contributed by atoms with van der Waals surface area (Å²) < 4.78 is 0. The molecule has 6 nitrogen and oxygen atoms in total. The number of hydrogen-bond acceptors (Lipinski definition) is 3. The van der Waals surface area contributed by atoms with Crippen molar-refractivity contribution in [3.05, 3.63) is 29.8 Å². The average Bonchev–Trinajstić information content (AvgIpc) is 2.53. The molecule has 0 radical (unpaired) electrons. The molecular weight excluding hydrogens is 318 g/mol. The summed E-state index contributed by atoms with van der Waals surface area (Å²) in [6, 6.07) is 7.36. The van der Waals surface area contributed by atoms with E-state index in [0.717, 1.165) is 32.1 Å². The van der Waals surface area contributed by atoms with E-state index in [0.29, 0.717) is 11.3 Å². The van der Waals surface area contributed by atoms with Gasteiger partial charge >= 0.3 is 6.03 Å². The molecule has 0 aliphatic carbocycles. The molecular formula is C19H25N3O3. The lowest BCUT2D eigenvalue weighted by atomic mass is 9.82. The van der Waals surface area contributed by atoms with Crippen molar-refractivity contribution < 1.29 is 14.4 Å². The number of anilines is 1. The first-order valence-corrected chi connectivity index (χ1v) is 8.91. The third-order valence-electron chi connectivity index (χ3n) is 5.14. The monoisotopic (exact) mass is 343 g/mol. The van der Waals surface area contributed by atoms with Crippen molar-refractivity contribution in [3.8, 4) is 0 Å². The van der Waals surface area contributed by atoms with E-state index >= 15 is 0 Å². The first-order chi connectivity index (χ1) is 11.9. The number of nitrogens with one attached hydrogen (secondary N) is 2. The maximum atomic E-state index is 12.8. The van der Waals surface area contributed by atoms with Crippen molar-refractivity contribution >= 4 is 23.4 Å². The number of ketones is 1. The van der Waals surface area contributed by atoms with E-state index in [1.807, 2.05) is 4.90 Å². The second-order valence-electron chi connectivity index (χ2n) is 7.08. The van der Waals surface area contributed by atoms with Crippen LogP contribution in [0.15, 0.2) is 24.3 Å². The molecule has 2 saturated heterocycles. The molecule has 2 heterocycles. The van der Waals surface area contributed by atoms with Gasteiger partial charge in [-0.25, -0.2) is 4.79 Å². The number of nitrogens with zero attached hydrogens (tertiary/aromatic N) is 1. The number of fused-ring (bicyclic) bond motifs is 2. The van der Waals surface area contributed by atoms with Crippen LogP contribution in [0.1, 0.15) is 56.3 Å². The van der Waals surface area contributed by atoms with Crippen LogP contribution in [0.4, 0.5) is 10.5 Å². The molecule has 2 atom stereocenters. The summed E-state index contributed by atoms with van der Waals surface area (Å²) in [5.74, 6) is -0.0360. The molecule has 1 aromatic rings. The molecule has 6 heteroatoms. The Morgan fingerprint density at radius 3 is 2.36 bits per heavy atom. The number of hydrogen-bond donors (Lipinski definition) is 2. The fourth-order valence-electron chi connectivity index (χ4n) is 4.12. The predicted molar refractivity (Wildman–Crippen MR) is 95.6 cm³/mol. The molecule has 1 aromatic carbocycles. The predicted octanol–water partition coefficient (Wildman–Crippen LogP) is 2.94. The summed E-state index contributed by atoms with van der Waals surface area (Å²) in [6.45, 7) is 3.05. The minimum Gasteiger partial charge on any atom is -0.353 e. The van der Waals surface area contributed by atoms with Crippen molar-refractivity contribution in [2.24, 2.45) is 0 Å². The van der Waals surface area contributed by atoms with Gasteiger partial charge in [0.1, 0.15) is 0 Å². The van der Waals surface area contributed by atoms with E-state index < -0.39 is 0 Å². The molecule has 3 amide bonds. The summed E-state index contributed by atoms with van der Waals surface area (Å²) >= 11 is 0. The van der Waals surface area contributed by atoms with E-state index in [1.165, 1.54) is 13.8 Å². The Morgan fingerprint density at radius 1 is 1.08 bits per heavy atom. The zero-order valence-electron chi connectivity index (χ0n) is 14.7. The molecule has 2 fully saturated rings. The van der Waals surface area contributed by atoms with Crippen LogP contribution in [0.3, 0.4) is 0 Å². The Morgan fingerprint density at radius 2 is 1.76 bits per heavy atom. The minimum atomic E-state index is -0.114. The van der Waals surface area contributed by atoms with Gasteiger partial charge in [0.25, 0.3) is 0 Å². The molecule has 3 rings (SSSR count). The number of benzene rings is 1. The van der Waals surface area contributed by atoms with Crippen LogP contribution >= 0.6 is 0 Å². The Bertz CT molecular complexity index is 674. The molecule has 2 aliphatic heterocycles. The third kappa shape index (κ3) is 4.00. The first kappa shape index (κ1) is 17.5. The molecule has 134 valence electrons. The smallest absolute Gasteiger partial charge is 0.322 e. The Hall–Kier alpha value is -2.37. The maximum Gasteiger partial charge on any atom is 0.322 e. The Balaban J connectivity index is 1.71. The molecule has 2 bridgehead atoms. The van der Waals surface area contributed by atoms with Crippen LogP contribution in [0, 0.1) is 0 Å². The minimum absolute atomic E-state index is 0.0120. The van der Waals surface area contributed by atoms with Crippen LogP contribution in [-0.2, 0) is 4.79 Å². The summed E-state index contributed by atoms with van der Waals surface area (Å²) in [5, 5.41) is 5.94. The molecule has 25 heavy (non-hydrogen) atoms. The molecule has 2 N–H and O–H groups in total. The van der Waals surface area contributed by atoms with Crippen LogP contribution in [0.25, 0.3) is 0 Å². The number of rotatable bonds is 3. The second kappa shape index (κ2) is 7.25. The number of urea groups is 1. The van der Waals surface area contributed by atoms with Crippen molar-refractivity contribution in [2.75, 3.05) is 5.32 Å². The van der Waals surface area contributed by atoms with Crippen LogP contribution in [-0.4, -0.2) is 40.7 Å². The Labute approximate surface area is 148 Å². The van der Waals surface area contributed by atoms with Gasteiger partial charge in [-0.3, -0.25) is 9.59 Å². The number of Topliss-reactive ketones (excluding diaryl/α,β-unsaturated/α-hetero) is 1. The largest absolute Gasteiger partial charge is 0.353 e. The highest BCUT2D eigenvalue weighted by Gasteiger charge is 2.41. The molecule has 2 aliphatic rings.